The van der Waals surface area contributed by atoms with Crippen LogP contribution in [0, 0.1) is 11.2 Å². The van der Waals surface area contributed by atoms with Gasteiger partial charge in [0.25, 0.3) is 5.91 Å². The molecule has 1 aliphatic carbocycles. The molecule has 1 aliphatic rings. The second-order valence-corrected chi connectivity index (χ2v) is 5.83. The molecular formula is C13H15BrFNO. The third-order valence-electron chi connectivity index (χ3n) is 3.42. The quantitative estimate of drug-likeness (QED) is 0.909. The molecule has 1 saturated carbocycles. The van der Waals surface area contributed by atoms with Crippen molar-refractivity contribution < 1.29 is 9.18 Å². The van der Waals surface area contributed by atoms with E-state index in [9.17, 15) is 9.18 Å². The van der Waals surface area contributed by atoms with Crippen molar-refractivity contribution in [2.24, 2.45) is 5.41 Å². The van der Waals surface area contributed by atoms with Gasteiger partial charge in [0.05, 0.1) is 4.47 Å². The van der Waals surface area contributed by atoms with Crippen molar-refractivity contribution in [2.45, 2.75) is 26.2 Å². The molecule has 1 fully saturated rings. The molecular weight excluding hydrogens is 285 g/mol. The highest BCUT2D eigenvalue weighted by atomic mass is 79.9. The molecule has 2 rings (SSSR count). The van der Waals surface area contributed by atoms with Crippen LogP contribution in [0.4, 0.5) is 4.39 Å². The molecule has 0 heterocycles. The Balaban J connectivity index is 1.97. The van der Waals surface area contributed by atoms with Gasteiger partial charge in [0.15, 0.2) is 0 Å². The summed E-state index contributed by atoms with van der Waals surface area (Å²) in [5.41, 5.74) is 0.609. The van der Waals surface area contributed by atoms with Gasteiger partial charge in [-0.3, -0.25) is 4.79 Å². The fraction of sp³-hybridized carbons (Fsp3) is 0.462. The molecule has 0 atom stereocenters. The normalized spacial score (nSPS) is 17.4. The van der Waals surface area contributed by atoms with Crippen LogP contribution in [0.25, 0.3) is 0 Å². The number of carbonyl (C=O) groups is 1. The minimum Gasteiger partial charge on any atom is -0.351 e. The topological polar surface area (TPSA) is 29.1 Å². The highest BCUT2D eigenvalue weighted by Gasteiger charge is 2.31. The van der Waals surface area contributed by atoms with Crippen LogP contribution in [0.15, 0.2) is 22.7 Å². The van der Waals surface area contributed by atoms with Crippen molar-refractivity contribution in [3.63, 3.8) is 0 Å². The minimum atomic E-state index is -0.410. The number of hydrogen-bond acceptors (Lipinski definition) is 1. The summed E-state index contributed by atoms with van der Waals surface area (Å²) in [6, 6.07) is 4.42. The fourth-order valence-corrected chi connectivity index (χ4v) is 2.24. The van der Waals surface area contributed by atoms with Crippen molar-refractivity contribution >= 4 is 21.8 Å². The van der Waals surface area contributed by atoms with Crippen LogP contribution in [0.1, 0.15) is 36.5 Å². The highest BCUT2D eigenvalue weighted by molar-refractivity contribution is 9.10. The molecule has 0 aliphatic heterocycles. The van der Waals surface area contributed by atoms with E-state index in [0.29, 0.717) is 16.6 Å². The Bertz CT molecular complexity index is 443. The van der Waals surface area contributed by atoms with E-state index in [0.717, 1.165) is 12.8 Å². The number of rotatable bonds is 3. The molecule has 4 heteroatoms. The number of amides is 1. The molecule has 0 aromatic heterocycles. The average Bonchev–Trinajstić information content (AvgIpc) is 2.27. The van der Waals surface area contributed by atoms with Crippen LogP contribution in [0.3, 0.4) is 0 Å². The Labute approximate surface area is 109 Å². The number of nitrogens with one attached hydrogen (secondary N) is 1. The maximum atomic E-state index is 13.3. The summed E-state index contributed by atoms with van der Waals surface area (Å²) in [5.74, 6) is -0.614. The monoisotopic (exact) mass is 299 g/mol. The van der Waals surface area contributed by atoms with Crippen LogP contribution in [-0.2, 0) is 0 Å². The lowest BCUT2D eigenvalue weighted by Gasteiger charge is -2.38. The number of benzene rings is 1. The van der Waals surface area contributed by atoms with E-state index in [1.807, 2.05) is 0 Å². The summed E-state index contributed by atoms with van der Waals surface area (Å²) in [5, 5.41) is 2.87. The molecule has 0 radical (unpaired) electrons. The van der Waals surface area contributed by atoms with Gasteiger partial charge < -0.3 is 5.32 Å². The minimum absolute atomic E-state index is 0.204. The predicted molar refractivity (Wildman–Crippen MR) is 68.4 cm³/mol. The zero-order chi connectivity index (χ0) is 12.5. The van der Waals surface area contributed by atoms with Gasteiger partial charge in [-0.15, -0.1) is 0 Å². The molecule has 0 saturated heterocycles. The third-order valence-corrected chi connectivity index (χ3v) is 4.06. The molecule has 1 aromatic carbocycles. The number of carbonyl (C=O) groups excluding carboxylic acids is 1. The zero-order valence-electron chi connectivity index (χ0n) is 9.72. The molecule has 92 valence electrons. The van der Waals surface area contributed by atoms with Crippen molar-refractivity contribution in [1.29, 1.82) is 0 Å². The first-order valence-corrected chi connectivity index (χ1v) is 6.53. The summed E-state index contributed by atoms with van der Waals surface area (Å²) in [6.07, 6.45) is 3.54. The van der Waals surface area contributed by atoms with E-state index in [-0.39, 0.29) is 11.3 Å². The largest absolute Gasteiger partial charge is 0.351 e. The summed E-state index contributed by atoms with van der Waals surface area (Å²) in [6.45, 7) is 2.84. The lowest BCUT2D eigenvalue weighted by Crippen LogP contribution is -2.39. The van der Waals surface area contributed by atoms with Crippen LogP contribution >= 0.6 is 15.9 Å². The van der Waals surface area contributed by atoms with E-state index in [4.69, 9.17) is 0 Å². The average molecular weight is 300 g/mol. The molecule has 0 bridgehead atoms. The van der Waals surface area contributed by atoms with Gasteiger partial charge in [-0.2, -0.15) is 0 Å². The Morgan fingerprint density at radius 3 is 2.76 bits per heavy atom. The number of halogens is 2. The second kappa shape index (κ2) is 4.77. The second-order valence-electron chi connectivity index (χ2n) is 4.98. The first-order valence-electron chi connectivity index (χ1n) is 5.73. The van der Waals surface area contributed by atoms with Gasteiger partial charge in [0.1, 0.15) is 5.82 Å². The van der Waals surface area contributed by atoms with Crippen molar-refractivity contribution in [3.8, 4) is 0 Å². The van der Waals surface area contributed by atoms with Crippen molar-refractivity contribution in [2.75, 3.05) is 6.54 Å². The Morgan fingerprint density at radius 1 is 1.53 bits per heavy atom. The Hall–Kier alpha value is -0.900. The molecule has 1 amide bonds. The smallest absolute Gasteiger partial charge is 0.251 e. The Kier molecular flexibility index (Phi) is 3.52. The Morgan fingerprint density at radius 2 is 2.24 bits per heavy atom. The van der Waals surface area contributed by atoms with E-state index in [1.54, 1.807) is 12.1 Å². The van der Waals surface area contributed by atoms with Crippen LogP contribution < -0.4 is 5.32 Å². The zero-order valence-corrected chi connectivity index (χ0v) is 11.3. The fourth-order valence-electron chi connectivity index (χ4n) is 1.99. The maximum Gasteiger partial charge on any atom is 0.251 e. The standard InChI is InChI=1S/C13H15BrFNO/c1-13(5-2-6-13)8-16-12(17)9-3-4-10(14)11(15)7-9/h3-4,7H,2,5-6,8H2,1H3,(H,16,17). The third kappa shape index (κ3) is 2.86. The van der Waals surface area contributed by atoms with Crippen LogP contribution in [0.2, 0.25) is 0 Å². The molecule has 2 nitrogen and oxygen atoms in total. The summed E-state index contributed by atoms with van der Waals surface area (Å²) < 4.78 is 13.6. The van der Waals surface area contributed by atoms with Crippen LogP contribution in [-0.4, -0.2) is 12.5 Å². The summed E-state index contributed by atoms with van der Waals surface area (Å²) in [4.78, 5) is 11.8. The molecule has 1 aromatic rings. The highest BCUT2D eigenvalue weighted by Crippen LogP contribution is 2.39. The van der Waals surface area contributed by atoms with Gasteiger partial charge in [-0.05, 0) is 52.4 Å². The van der Waals surface area contributed by atoms with Gasteiger partial charge >= 0.3 is 0 Å². The van der Waals surface area contributed by atoms with Gasteiger partial charge in [-0.1, -0.05) is 13.3 Å². The summed E-state index contributed by atoms with van der Waals surface area (Å²) in [7, 11) is 0. The first kappa shape index (κ1) is 12.6. The lowest BCUT2D eigenvalue weighted by molar-refractivity contribution is 0.0890. The van der Waals surface area contributed by atoms with E-state index in [1.165, 1.54) is 12.5 Å². The van der Waals surface area contributed by atoms with Gasteiger partial charge in [0.2, 0.25) is 0 Å². The molecule has 17 heavy (non-hydrogen) atoms. The van der Waals surface area contributed by atoms with Crippen molar-refractivity contribution in [3.05, 3.63) is 34.1 Å². The van der Waals surface area contributed by atoms with Crippen molar-refractivity contribution in [1.82, 2.24) is 5.32 Å². The summed E-state index contributed by atoms with van der Waals surface area (Å²) >= 11 is 3.06. The molecule has 0 unspecified atom stereocenters. The van der Waals surface area contributed by atoms with Gasteiger partial charge in [-0.25, -0.2) is 4.39 Å². The molecule has 0 spiro atoms. The maximum absolute atomic E-state index is 13.3. The SMILES string of the molecule is CC1(CNC(=O)c2ccc(Br)c(F)c2)CCC1. The van der Waals surface area contributed by atoms with E-state index < -0.39 is 5.82 Å². The van der Waals surface area contributed by atoms with Gasteiger partial charge in [0, 0.05) is 12.1 Å². The molecule has 1 N–H and O–H groups in total. The van der Waals surface area contributed by atoms with E-state index >= 15 is 0 Å². The first-order chi connectivity index (χ1) is 8.00. The van der Waals surface area contributed by atoms with E-state index in [2.05, 4.69) is 28.2 Å². The van der Waals surface area contributed by atoms with Crippen LogP contribution in [0.5, 0.6) is 0 Å². The lowest BCUT2D eigenvalue weighted by atomic mass is 9.70. The predicted octanol–water partition coefficient (Wildman–Crippen LogP) is 3.51. The number of hydrogen-bond donors (Lipinski definition) is 1.